The number of alkyl halides is 3. The molecular formula is C20H18F3N5. The maximum atomic E-state index is 13.1. The largest absolute Gasteiger partial charge is 0.416 e. The average Bonchev–Trinajstić information content (AvgIpc) is 3.47. The first-order chi connectivity index (χ1) is 13.4. The van der Waals surface area contributed by atoms with Gasteiger partial charge in [-0.25, -0.2) is 4.98 Å². The summed E-state index contributed by atoms with van der Waals surface area (Å²) < 4.78 is 39.2. The molecule has 2 aromatic heterocycles. The summed E-state index contributed by atoms with van der Waals surface area (Å²) in [5.74, 6) is 0.832. The lowest BCUT2D eigenvalue weighted by Gasteiger charge is -2.14. The zero-order valence-corrected chi connectivity index (χ0v) is 15.1. The zero-order valence-electron chi connectivity index (χ0n) is 15.1. The van der Waals surface area contributed by atoms with Gasteiger partial charge in [0.05, 0.1) is 17.0 Å². The molecule has 1 saturated carbocycles. The Morgan fingerprint density at radius 1 is 1.00 bits per heavy atom. The number of hydrogen-bond acceptors (Lipinski definition) is 5. The van der Waals surface area contributed by atoms with Crippen LogP contribution < -0.4 is 10.6 Å². The second-order valence-corrected chi connectivity index (χ2v) is 6.75. The Balaban J connectivity index is 1.71. The van der Waals surface area contributed by atoms with Crippen LogP contribution in [-0.2, 0) is 6.18 Å². The van der Waals surface area contributed by atoms with Gasteiger partial charge in [0.25, 0.3) is 0 Å². The van der Waals surface area contributed by atoms with E-state index in [1.54, 1.807) is 25.3 Å². The van der Waals surface area contributed by atoms with Crippen LogP contribution in [0.4, 0.5) is 30.6 Å². The molecule has 5 nitrogen and oxygen atoms in total. The van der Waals surface area contributed by atoms with E-state index in [0.29, 0.717) is 40.4 Å². The van der Waals surface area contributed by atoms with E-state index in [4.69, 9.17) is 0 Å². The highest BCUT2D eigenvalue weighted by Gasteiger charge is 2.31. The predicted molar refractivity (Wildman–Crippen MR) is 101 cm³/mol. The molecule has 1 aliphatic carbocycles. The van der Waals surface area contributed by atoms with Crippen LogP contribution in [0.25, 0.3) is 11.4 Å². The lowest BCUT2D eigenvalue weighted by Crippen LogP contribution is -2.09. The number of anilines is 3. The Bertz CT molecular complexity index is 985. The zero-order chi connectivity index (χ0) is 19.7. The molecule has 3 aromatic rings. The molecule has 1 aliphatic rings. The first-order valence-electron chi connectivity index (χ1n) is 8.90. The average molecular weight is 385 g/mol. The normalized spacial score (nSPS) is 14.0. The maximum Gasteiger partial charge on any atom is 0.416 e. The predicted octanol–water partition coefficient (Wildman–Crippen LogP) is 5.18. The van der Waals surface area contributed by atoms with Gasteiger partial charge in [-0.15, -0.1) is 0 Å². The molecule has 1 aromatic carbocycles. The first-order valence-corrected chi connectivity index (χ1v) is 8.90. The molecule has 2 heterocycles. The number of aryl methyl sites for hydroxylation is 1. The van der Waals surface area contributed by atoms with Crippen molar-refractivity contribution in [1.82, 2.24) is 15.0 Å². The SMILES string of the molecule is Cc1ccc(C(F)(F)F)cc1Nc1cc(-c2ccccn2)nc(NC2CC2)n1. The number of nitrogens with one attached hydrogen (secondary N) is 2. The molecule has 2 N–H and O–H groups in total. The van der Waals surface area contributed by atoms with Gasteiger partial charge in [-0.05, 0) is 49.6 Å². The van der Waals surface area contributed by atoms with Crippen LogP contribution in [0.5, 0.6) is 0 Å². The van der Waals surface area contributed by atoms with Gasteiger partial charge in [-0.1, -0.05) is 12.1 Å². The van der Waals surface area contributed by atoms with E-state index in [2.05, 4.69) is 25.6 Å². The lowest BCUT2D eigenvalue weighted by molar-refractivity contribution is -0.137. The fraction of sp³-hybridized carbons (Fsp3) is 0.250. The molecule has 8 heteroatoms. The van der Waals surface area contributed by atoms with Crippen LogP contribution in [0.1, 0.15) is 24.0 Å². The summed E-state index contributed by atoms with van der Waals surface area (Å²) >= 11 is 0. The van der Waals surface area contributed by atoms with Crippen LogP contribution in [0.15, 0.2) is 48.7 Å². The minimum absolute atomic E-state index is 0.335. The standard InChI is InChI=1S/C20H18F3N5/c1-12-5-6-13(20(21,22)23)10-16(12)26-18-11-17(15-4-2-3-9-24-15)27-19(28-18)25-14-7-8-14/h2-6,9-11,14H,7-8H2,1H3,(H2,25,26,27,28). The summed E-state index contributed by atoms with van der Waals surface area (Å²) in [5, 5.41) is 6.24. The maximum absolute atomic E-state index is 13.1. The highest BCUT2D eigenvalue weighted by Crippen LogP contribution is 2.33. The van der Waals surface area contributed by atoms with E-state index in [9.17, 15) is 13.2 Å². The van der Waals surface area contributed by atoms with E-state index in [-0.39, 0.29) is 0 Å². The van der Waals surface area contributed by atoms with Crippen molar-refractivity contribution < 1.29 is 13.2 Å². The summed E-state index contributed by atoms with van der Waals surface area (Å²) in [6.45, 7) is 1.74. The third-order valence-corrected chi connectivity index (χ3v) is 4.39. The Labute approximate surface area is 160 Å². The third kappa shape index (κ3) is 4.21. The molecule has 4 rings (SSSR count). The molecule has 0 atom stereocenters. The minimum atomic E-state index is -4.41. The van der Waals surface area contributed by atoms with Gasteiger partial charge in [-0.3, -0.25) is 4.98 Å². The van der Waals surface area contributed by atoms with Gasteiger partial charge in [0.1, 0.15) is 5.82 Å². The van der Waals surface area contributed by atoms with Gasteiger partial charge in [-0.2, -0.15) is 18.2 Å². The number of nitrogens with zero attached hydrogens (tertiary/aromatic N) is 3. The number of aromatic nitrogens is 3. The van der Waals surface area contributed by atoms with Crippen LogP contribution in [0, 0.1) is 6.92 Å². The van der Waals surface area contributed by atoms with Crippen LogP contribution in [-0.4, -0.2) is 21.0 Å². The molecule has 0 radical (unpaired) electrons. The van der Waals surface area contributed by atoms with Crippen molar-refractivity contribution in [3.63, 3.8) is 0 Å². The Morgan fingerprint density at radius 2 is 1.82 bits per heavy atom. The van der Waals surface area contributed by atoms with Gasteiger partial charge in [0.2, 0.25) is 5.95 Å². The summed E-state index contributed by atoms with van der Waals surface area (Å²) in [6, 6.07) is 11.1. The molecule has 0 unspecified atom stereocenters. The van der Waals surface area contributed by atoms with E-state index < -0.39 is 11.7 Å². The van der Waals surface area contributed by atoms with Crippen molar-refractivity contribution in [2.75, 3.05) is 10.6 Å². The fourth-order valence-electron chi connectivity index (χ4n) is 2.70. The summed E-state index contributed by atoms with van der Waals surface area (Å²) in [6.07, 6.45) is -0.650. The number of benzene rings is 1. The lowest BCUT2D eigenvalue weighted by atomic mass is 10.1. The number of pyridine rings is 1. The Morgan fingerprint density at radius 3 is 2.50 bits per heavy atom. The molecular weight excluding hydrogens is 367 g/mol. The fourth-order valence-corrected chi connectivity index (χ4v) is 2.70. The van der Waals surface area contributed by atoms with Crippen LogP contribution >= 0.6 is 0 Å². The molecule has 0 spiro atoms. The number of rotatable bonds is 5. The van der Waals surface area contributed by atoms with E-state index in [0.717, 1.165) is 25.0 Å². The molecule has 0 bridgehead atoms. The summed E-state index contributed by atoms with van der Waals surface area (Å²) in [5.41, 5.74) is 1.56. The van der Waals surface area contributed by atoms with Crippen molar-refractivity contribution in [2.45, 2.75) is 32.0 Å². The molecule has 0 saturated heterocycles. The van der Waals surface area contributed by atoms with E-state index in [1.165, 1.54) is 6.07 Å². The van der Waals surface area contributed by atoms with Crippen LogP contribution in [0.3, 0.4) is 0 Å². The summed E-state index contributed by atoms with van der Waals surface area (Å²) in [7, 11) is 0. The topological polar surface area (TPSA) is 62.7 Å². The van der Waals surface area contributed by atoms with Crippen molar-refractivity contribution in [2.24, 2.45) is 0 Å². The molecule has 28 heavy (non-hydrogen) atoms. The number of halogens is 3. The molecule has 0 amide bonds. The first kappa shape index (κ1) is 18.2. The highest BCUT2D eigenvalue weighted by molar-refractivity contribution is 5.67. The van der Waals surface area contributed by atoms with E-state index >= 15 is 0 Å². The van der Waals surface area contributed by atoms with E-state index in [1.807, 2.05) is 12.1 Å². The number of hydrogen-bond donors (Lipinski definition) is 2. The Hall–Kier alpha value is -3.16. The summed E-state index contributed by atoms with van der Waals surface area (Å²) in [4.78, 5) is 13.2. The second-order valence-electron chi connectivity index (χ2n) is 6.75. The molecule has 144 valence electrons. The van der Waals surface area contributed by atoms with Gasteiger partial charge in [0.15, 0.2) is 0 Å². The van der Waals surface area contributed by atoms with Crippen molar-refractivity contribution in [3.8, 4) is 11.4 Å². The van der Waals surface area contributed by atoms with Gasteiger partial charge < -0.3 is 10.6 Å². The highest BCUT2D eigenvalue weighted by atomic mass is 19.4. The molecule has 1 fully saturated rings. The van der Waals surface area contributed by atoms with Gasteiger partial charge in [0, 0.05) is 24.0 Å². The van der Waals surface area contributed by atoms with Crippen molar-refractivity contribution in [1.29, 1.82) is 0 Å². The third-order valence-electron chi connectivity index (χ3n) is 4.39. The quantitative estimate of drug-likeness (QED) is 0.633. The Kier molecular flexibility index (Phi) is 4.62. The molecule has 0 aliphatic heterocycles. The monoisotopic (exact) mass is 385 g/mol. The second kappa shape index (κ2) is 7.10. The van der Waals surface area contributed by atoms with Crippen molar-refractivity contribution >= 4 is 17.5 Å². The minimum Gasteiger partial charge on any atom is -0.351 e. The van der Waals surface area contributed by atoms with Gasteiger partial charge >= 0.3 is 6.18 Å². The smallest absolute Gasteiger partial charge is 0.351 e. The van der Waals surface area contributed by atoms with Crippen molar-refractivity contribution in [3.05, 3.63) is 59.8 Å². The van der Waals surface area contributed by atoms with Crippen LogP contribution in [0.2, 0.25) is 0 Å².